The Kier molecular flexibility index (Phi) is 1.97. The summed E-state index contributed by atoms with van der Waals surface area (Å²) in [6.07, 6.45) is 1.92. The standard InChI is InChI=1S/C6H8ClNO2/c7-4-1-3(6(9)10)2-5(4)8/h1,4-5H,2,8H2,(H,9,10)/t4-,5-/m0/s1. The Hall–Kier alpha value is -0.540. The van der Waals surface area contributed by atoms with Crippen LogP contribution in [0.1, 0.15) is 6.42 Å². The molecule has 3 N–H and O–H groups in total. The van der Waals surface area contributed by atoms with E-state index in [4.69, 9.17) is 11.6 Å². The molecule has 56 valence electrons. The molecule has 0 saturated carbocycles. The molecule has 0 unspecified atom stereocenters. The van der Waals surface area contributed by atoms with E-state index in [1.165, 1.54) is 6.08 Å². The van der Waals surface area contributed by atoms with Crippen molar-refractivity contribution in [1.29, 1.82) is 0 Å². The van der Waals surface area contributed by atoms with Gasteiger partial charge in [0.25, 0.3) is 0 Å². The van der Waals surface area contributed by atoms with Gasteiger partial charge in [0, 0.05) is 6.42 Å². The Morgan fingerprint density at radius 2 is 2.50 bits per heavy atom. The first-order chi connectivity index (χ1) is 4.61. The van der Waals surface area contributed by atoms with Crippen molar-refractivity contribution in [3.63, 3.8) is 0 Å². The summed E-state index contributed by atoms with van der Waals surface area (Å²) in [5, 5.41) is 9.98. The monoisotopic (exact) mass is 161 g/mol. The maximum absolute atomic E-state index is 10.2. The van der Waals surface area contributed by atoms with Gasteiger partial charge in [-0.15, -0.1) is 11.6 Å². The van der Waals surface area contributed by atoms with Crippen molar-refractivity contribution in [3.8, 4) is 0 Å². The van der Waals surface area contributed by atoms with Crippen LogP contribution in [-0.4, -0.2) is 17.4 Å². The minimum atomic E-state index is -1.13. The molecule has 0 spiro atoms. The third-order valence-corrected chi connectivity index (χ3v) is 2.04. The lowest BCUT2D eigenvalue weighted by molar-refractivity contribution is -0.415. The number of alkyl halides is 1. The number of carbonyl (C=O) groups is 1. The van der Waals surface area contributed by atoms with E-state index in [0.29, 0.717) is 6.42 Å². The Labute approximate surface area is 63.5 Å². The van der Waals surface area contributed by atoms with E-state index in [1.807, 2.05) is 0 Å². The van der Waals surface area contributed by atoms with Crippen molar-refractivity contribution in [2.24, 2.45) is 0 Å². The minimum absolute atomic E-state index is 0.0189. The van der Waals surface area contributed by atoms with Gasteiger partial charge in [-0.1, -0.05) is 6.08 Å². The van der Waals surface area contributed by atoms with Gasteiger partial charge in [0.15, 0.2) is 0 Å². The summed E-state index contributed by atoms with van der Waals surface area (Å²) >= 11 is 5.67. The summed E-state index contributed by atoms with van der Waals surface area (Å²) < 4.78 is 0. The number of aliphatic carboxylic acids is 1. The first-order valence-corrected chi connectivity index (χ1v) is 3.44. The Morgan fingerprint density at radius 1 is 1.90 bits per heavy atom. The van der Waals surface area contributed by atoms with Crippen LogP contribution >= 0.6 is 11.6 Å². The molecule has 0 aliphatic heterocycles. The molecule has 4 heteroatoms. The summed E-state index contributed by atoms with van der Waals surface area (Å²) in [5.74, 6) is -1.13. The zero-order valence-electron chi connectivity index (χ0n) is 5.34. The first kappa shape index (κ1) is 7.57. The van der Waals surface area contributed by atoms with Gasteiger partial charge < -0.3 is 15.6 Å². The van der Waals surface area contributed by atoms with Crippen molar-refractivity contribution >= 4 is 17.6 Å². The number of rotatable bonds is 1. The van der Waals surface area contributed by atoms with Crippen molar-refractivity contribution in [3.05, 3.63) is 11.6 Å². The fraction of sp³-hybridized carbons (Fsp3) is 0.500. The second kappa shape index (κ2) is 2.60. The number of carboxylic acids is 1. The van der Waals surface area contributed by atoms with Gasteiger partial charge in [-0.05, 0) is 5.57 Å². The third-order valence-electron chi connectivity index (χ3n) is 1.56. The molecule has 1 aliphatic carbocycles. The Bertz CT molecular complexity index is 190. The smallest absolute Gasteiger partial charge is 0.109 e. The Morgan fingerprint density at radius 3 is 2.70 bits per heavy atom. The Balaban J connectivity index is 2.67. The largest absolute Gasteiger partial charge is 0.545 e. The fourth-order valence-corrected chi connectivity index (χ4v) is 1.18. The molecule has 2 atom stereocenters. The lowest BCUT2D eigenvalue weighted by Gasteiger charge is -2.02. The van der Waals surface area contributed by atoms with Crippen molar-refractivity contribution in [2.75, 3.05) is 0 Å². The molecule has 0 fully saturated rings. The van der Waals surface area contributed by atoms with E-state index in [2.05, 4.69) is 5.73 Å². The normalized spacial score (nSPS) is 32.0. The highest BCUT2D eigenvalue weighted by atomic mass is 35.5. The third kappa shape index (κ3) is 1.30. The molecule has 0 radical (unpaired) electrons. The summed E-state index contributed by atoms with van der Waals surface area (Å²) in [6, 6.07) is -0.0189. The van der Waals surface area contributed by atoms with Gasteiger partial charge in [0.2, 0.25) is 0 Å². The van der Waals surface area contributed by atoms with Crippen LogP contribution in [0.25, 0.3) is 0 Å². The quantitative estimate of drug-likeness (QED) is 0.465. The van der Waals surface area contributed by atoms with E-state index in [9.17, 15) is 9.90 Å². The number of quaternary nitrogens is 1. The summed E-state index contributed by atoms with van der Waals surface area (Å²) in [7, 11) is 0. The minimum Gasteiger partial charge on any atom is -0.545 e. The van der Waals surface area contributed by atoms with E-state index in [0.717, 1.165) is 0 Å². The van der Waals surface area contributed by atoms with Crippen molar-refractivity contribution in [1.82, 2.24) is 0 Å². The lowest BCUT2D eigenvalue weighted by Crippen LogP contribution is -2.63. The second-order valence-electron chi connectivity index (χ2n) is 2.39. The van der Waals surface area contributed by atoms with Crippen LogP contribution in [0.3, 0.4) is 0 Å². The molecule has 0 bridgehead atoms. The molecule has 0 saturated heterocycles. The van der Waals surface area contributed by atoms with Crippen LogP contribution < -0.4 is 10.8 Å². The SMILES string of the molecule is [NH3+][C@H]1CC(C(=O)[O-])=C[C@@H]1Cl. The van der Waals surface area contributed by atoms with E-state index >= 15 is 0 Å². The molecule has 1 rings (SSSR count). The molecular weight excluding hydrogens is 154 g/mol. The molecule has 10 heavy (non-hydrogen) atoms. The predicted molar refractivity (Wildman–Crippen MR) is 34.0 cm³/mol. The van der Waals surface area contributed by atoms with Gasteiger partial charge in [0.1, 0.15) is 11.4 Å². The molecule has 0 aromatic rings. The second-order valence-corrected chi connectivity index (χ2v) is 2.89. The average molecular weight is 162 g/mol. The van der Waals surface area contributed by atoms with Crippen molar-refractivity contribution in [2.45, 2.75) is 17.8 Å². The molecule has 0 heterocycles. The van der Waals surface area contributed by atoms with E-state index < -0.39 is 5.97 Å². The molecule has 1 aliphatic rings. The van der Waals surface area contributed by atoms with Crippen molar-refractivity contribution < 1.29 is 15.6 Å². The highest BCUT2D eigenvalue weighted by Crippen LogP contribution is 2.19. The van der Waals surface area contributed by atoms with E-state index in [1.54, 1.807) is 0 Å². The van der Waals surface area contributed by atoms with Crippen LogP contribution in [0.15, 0.2) is 11.6 Å². The maximum Gasteiger partial charge on any atom is 0.109 e. The summed E-state index contributed by atoms with van der Waals surface area (Å²) in [6.45, 7) is 0. The molecule has 0 amide bonds. The summed E-state index contributed by atoms with van der Waals surface area (Å²) in [4.78, 5) is 10.2. The number of hydrogen-bond acceptors (Lipinski definition) is 2. The van der Waals surface area contributed by atoms with Crippen LogP contribution in [0, 0.1) is 0 Å². The molecule has 0 aromatic carbocycles. The predicted octanol–water partition coefficient (Wildman–Crippen LogP) is -1.72. The van der Waals surface area contributed by atoms with Gasteiger partial charge >= 0.3 is 0 Å². The lowest BCUT2D eigenvalue weighted by atomic mass is 10.2. The number of carbonyl (C=O) groups excluding carboxylic acids is 1. The van der Waals surface area contributed by atoms with Gasteiger partial charge in [-0.25, -0.2) is 0 Å². The fourth-order valence-electron chi connectivity index (χ4n) is 0.943. The van der Waals surface area contributed by atoms with Crippen LogP contribution in [0.2, 0.25) is 0 Å². The van der Waals surface area contributed by atoms with Gasteiger partial charge in [-0.3, -0.25) is 0 Å². The van der Waals surface area contributed by atoms with Crippen LogP contribution in [-0.2, 0) is 4.79 Å². The highest BCUT2D eigenvalue weighted by Gasteiger charge is 2.25. The van der Waals surface area contributed by atoms with Gasteiger partial charge in [-0.2, -0.15) is 0 Å². The van der Waals surface area contributed by atoms with Crippen LogP contribution in [0.4, 0.5) is 0 Å². The number of carboxylic acid groups (broad SMARTS) is 1. The first-order valence-electron chi connectivity index (χ1n) is 3.00. The van der Waals surface area contributed by atoms with Gasteiger partial charge in [0.05, 0.1) is 5.97 Å². The zero-order chi connectivity index (χ0) is 7.72. The zero-order valence-corrected chi connectivity index (χ0v) is 6.10. The molecular formula is C6H8ClNO2. The van der Waals surface area contributed by atoms with E-state index in [-0.39, 0.29) is 17.0 Å². The topological polar surface area (TPSA) is 67.8 Å². The summed E-state index contributed by atoms with van der Waals surface area (Å²) in [5.41, 5.74) is 3.95. The number of hydrogen-bond donors (Lipinski definition) is 1. The molecule has 3 nitrogen and oxygen atoms in total. The number of halogens is 1. The maximum atomic E-state index is 10.2. The average Bonchev–Trinajstić information content (AvgIpc) is 2.13. The highest BCUT2D eigenvalue weighted by molar-refractivity contribution is 6.23. The molecule has 0 aromatic heterocycles. The van der Waals surface area contributed by atoms with Crippen LogP contribution in [0.5, 0.6) is 0 Å².